The summed E-state index contributed by atoms with van der Waals surface area (Å²) in [5.74, 6) is -0.208. The first-order valence-corrected chi connectivity index (χ1v) is 17.1. The van der Waals surface area contributed by atoms with Crippen LogP contribution in [0.1, 0.15) is 71.1 Å². The van der Waals surface area contributed by atoms with Crippen LogP contribution in [0.2, 0.25) is 0 Å². The lowest BCUT2D eigenvalue weighted by Crippen LogP contribution is -2.50. The van der Waals surface area contributed by atoms with Gasteiger partial charge >= 0.3 is 14.9 Å². The van der Waals surface area contributed by atoms with Gasteiger partial charge in [-0.1, -0.05) is 18.2 Å². The summed E-state index contributed by atoms with van der Waals surface area (Å²) < 4.78 is 61.0. The SMILES string of the molecule is C=C1/C=C(/C)C2=C(CC=NN2)CCN(/C(=C\NC)C2(C(F)(F)F)CC2)CC(CC(O)N2CCC(OP=O)(/C(=C\N)CCC=N)CC2)C1. The van der Waals surface area contributed by atoms with Crippen LogP contribution in [0.4, 0.5) is 13.2 Å². The van der Waals surface area contributed by atoms with Crippen LogP contribution in [-0.4, -0.2) is 78.6 Å². The Morgan fingerprint density at radius 2 is 2.06 bits per heavy atom. The topological polar surface area (TPSA) is 139 Å². The van der Waals surface area contributed by atoms with Gasteiger partial charge in [-0.05, 0) is 99.8 Å². The van der Waals surface area contributed by atoms with Crippen LogP contribution in [0, 0.1) is 16.7 Å². The Labute approximate surface area is 277 Å². The molecule has 10 nitrogen and oxygen atoms in total. The van der Waals surface area contributed by atoms with Gasteiger partial charge in [0.15, 0.2) is 0 Å². The number of alkyl halides is 3. The highest BCUT2D eigenvalue weighted by atomic mass is 31.1. The van der Waals surface area contributed by atoms with Crippen LogP contribution in [-0.2, 0) is 9.09 Å². The van der Waals surface area contributed by atoms with Gasteiger partial charge in [-0.2, -0.15) is 18.3 Å². The van der Waals surface area contributed by atoms with E-state index in [-0.39, 0.29) is 24.5 Å². The Morgan fingerprint density at radius 1 is 1.34 bits per heavy atom. The van der Waals surface area contributed by atoms with Crippen LogP contribution < -0.4 is 16.5 Å². The molecule has 14 heteroatoms. The highest BCUT2D eigenvalue weighted by molar-refractivity contribution is 7.17. The minimum atomic E-state index is -4.39. The molecule has 4 aliphatic rings. The number of hydrazone groups is 1. The van der Waals surface area contributed by atoms with Crippen LogP contribution in [0.3, 0.4) is 0 Å². The summed E-state index contributed by atoms with van der Waals surface area (Å²) in [4.78, 5) is 3.82. The van der Waals surface area contributed by atoms with E-state index in [1.54, 1.807) is 13.3 Å². The Morgan fingerprint density at radius 3 is 2.66 bits per heavy atom. The monoisotopic (exact) mass is 679 g/mol. The summed E-state index contributed by atoms with van der Waals surface area (Å²) in [7, 11) is 1.16. The maximum Gasteiger partial charge on any atom is 0.399 e. The third kappa shape index (κ3) is 8.54. The van der Waals surface area contributed by atoms with Gasteiger partial charge in [0, 0.05) is 57.8 Å². The number of likely N-dealkylation sites (tertiary alicyclic amines) is 1. The summed E-state index contributed by atoms with van der Waals surface area (Å²) >= 11 is 0. The summed E-state index contributed by atoms with van der Waals surface area (Å²) in [6.07, 6.45) is 6.75. The average Bonchev–Trinajstić information content (AvgIpc) is 3.85. The van der Waals surface area contributed by atoms with E-state index in [0.717, 1.165) is 28.0 Å². The van der Waals surface area contributed by atoms with Crippen LogP contribution >= 0.6 is 8.69 Å². The molecular formula is C33H49F3N7O3P. The lowest BCUT2D eigenvalue weighted by molar-refractivity contribution is -0.180. The van der Waals surface area contributed by atoms with E-state index in [1.165, 1.54) is 18.6 Å². The van der Waals surface area contributed by atoms with E-state index < -0.39 is 32.1 Å². The van der Waals surface area contributed by atoms with Gasteiger partial charge in [0.2, 0.25) is 0 Å². The predicted molar refractivity (Wildman–Crippen MR) is 178 cm³/mol. The molecule has 1 saturated heterocycles. The Kier molecular flexibility index (Phi) is 12.5. The highest BCUT2D eigenvalue weighted by Gasteiger charge is 2.66. The largest absolute Gasteiger partial charge is 0.405 e. The molecule has 6 N–H and O–H groups in total. The van der Waals surface area contributed by atoms with E-state index >= 15 is 0 Å². The summed E-state index contributed by atoms with van der Waals surface area (Å²) in [5.41, 5.74) is 11.0. The number of nitrogens with two attached hydrogens (primary N) is 1. The molecule has 1 aliphatic carbocycles. The minimum Gasteiger partial charge on any atom is -0.405 e. The van der Waals surface area contributed by atoms with Crippen molar-refractivity contribution in [2.24, 2.45) is 22.2 Å². The van der Waals surface area contributed by atoms with Crippen LogP contribution in [0.25, 0.3) is 0 Å². The minimum absolute atomic E-state index is 0.0444. The number of piperidine rings is 1. The third-order valence-corrected chi connectivity index (χ3v) is 10.4. The Balaban J connectivity index is 1.59. The van der Waals surface area contributed by atoms with Gasteiger partial charge < -0.3 is 26.5 Å². The van der Waals surface area contributed by atoms with Crippen molar-refractivity contribution in [1.29, 1.82) is 5.41 Å². The maximum absolute atomic E-state index is 14.6. The molecule has 0 spiro atoms. The molecule has 0 aromatic carbocycles. The standard InChI is InChI=1S/C33H49F3N7O3P/c1-23-17-24(2)30-26(6-13-40-41-30)7-14-43(28(21-39-3)31(8-9-31)33(34,35)36)22-25(18-23)19-29(44)42-15-10-32(11-16-42,46-47-45)27(20-38)5-4-12-37/h12-13,17,20-21,25,29,37,39,41,44H,1,4-11,14-16,18-19,22,38H2,2-3H3/b24-17-,27-20-,28-21-,37-12?. The fourth-order valence-electron chi connectivity index (χ4n) is 7.31. The van der Waals surface area contributed by atoms with Crippen LogP contribution in [0.15, 0.2) is 63.8 Å². The zero-order chi connectivity index (χ0) is 34.2. The molecule has 2 unspecified atom stereocenters. The first kappa shape index (κ1) is 36.8. The Hall–Kier alpha value is -2.99. The molecule has 0 bridgehead atoms. The second kappa shape index (κ2) is 15.9. The normalized spacial score (nSPS) is 26.1. The molecule has 0 aromatic heterocycles. The summed E-state index contributed by atoms with van der Waals surface area (Å²) in [6, 6.07) is 0. The molecule has 0 aromatic rings. The fourth-order valence-corrected chi connectivity index (χ4v) is 7.75. The molecule has 0 radical (unpaired) electrons. The summed E-state index contributed by atoms with van der Waals surface area (Å²) in [5, 5.41) is 26.1. The van der Waals surface area contributed by atoms with Crippen molar-refractivity contribution >= 4 is 21.1 Å². The first-order chi connectivity index (χ1) is 22.4. The number of hydrogen-bond donors (Lipinski definition) is 5. The van der Waals surface area contributed by atoms with E-state index in [2.05, 4.69) is 22.4 Å². The Bertz CT molecular complexity index is 1310. The number of halogens is 3. The molecule has 0 amide bonds. The van der Waals surface area contributed by atoms with Gasteiger partial charge in [0.05, 0.1) is 5.70 Å². The van der Waals surface area contributed by atoms with Crippen molar-refractivity contribution in [3.05, 3.63) is 58.7 Å². The second-order valence-electron chi connectivity index (χ2n) is 13.1. The number of nitrogens with zero attached hydrogens (tertiary/aromatic N) is 3. The number of aliphatic hydroxyl groups is 1. The molecule has 4 rings (SSSR count). The number of aliphatic hydroxyl groups excluding tert-OH is 1. The quantitative estimate of drug-likeness (QED) is 0.127. The van der Waals surface area contributed by atoms with Crippen molar-refractivity contribution < 1.29 is 27.4 Å². The van der Waals surface area contributed by atoms with Crippen LogP contribution in [0.5, 0.6) is 0 Å². The smallest absolute Gasteiger partial charge is 0.399 e. The summed E-state index contributed by atoms with van der Waals surface area (Å²) in [6.45, 7) is 7.88. The predicted octanol–water partition coefficient (Wildman–Crippen LogP) is 5.88. The molecule has 3 aliphatic heterocycles. The van der Waals surface area contributed by atoms with E-state index in [4.69, 9.17) is 15.7 Å². The lowest BCUT2D eigenvalue weighted by Gasteiger charge is -2.43. The number of hydrogen-bond acceptors (Lipinski definition) is 10. The molecule has 2 atom stereocenters. The molecular weight excluding hydrogens is 630 g/mol. The van der Waals surface area contributed by atoms with Gasteiger partial charge in [-0.25, -0.2) is 4.57 Å². The fraction of sp³-hybridized carbons (Fsp3) is 0.636. The molecule has 3 heterocycles. The van der Waals surface area contributed by atoms with E-state index in [9.17, 15) is 22.8 Å². The van der Waals surface area contributed by atoms with Gasteiger partial charge in [-0.3, -0.25) is 14.8 Å². The zero-order valence-corrected chi connectivity index (χ0v) is 28.3. The molecule has 2 fully saturated rings. The molecule has 1 saturated carbocycles. The maximum atomic E-state index is 14.6. The molecule has 260 valence electrons. The van der Waals surface area contributed by atoms with Gasteiger partial charge in [0.1, 0.15) is 17.2 Å². The number of rotatable bonds is 12. The van der Waals surface area contributed by atoms with E-state index in [1.807, 2.05) is 22.8 Å². The van der Waals surface area contributed by atoms with Crippen molar-refractivity contribution in [3.8, 4) is 0 Å². The first-order valence-electron chi connectivity index (χ1n) is 16.3. The molecule has 47 heavy (non-hydrogen) atoms. The van der Waals surface area contributed by atoms with Crippen molar-refractivity contribution in [2.75, 3.05) is 33.2 Å². The highest BCUT2D eigenvalue weighted by Crippen LogP contribution is 2.63. The zero-order valence-electron chi connectivity index (χ0n) is 27.4. The van der Waals surface area contributed by atoms with Crippen molar-refractivity contribution in [1.82, 2.24) is 20.5 Å². The van der Waals surface area contributed by atoms with Gasteiger partial charge in [0.25, 0.3) is 0 Å². The second-order valence-corrected chi connectivity index (χ2v) is 13.4. The van der Waals surface area contributed by atoms with Crippen molar-refractivity contribution in [3.63, 3.8) is 0 Å². The lowest BCUT2D eigenvalue weighted by atomic mass is 9.82. The number of nitrogens with one attached hydrogen (secondary N) is 3. The third-order valence-electron chi connectivity index (χ3n) is 10.0. The average molecular weight is 680 g/mol. The van der Waals surface area contributed by atoms with Crippen molar-refractivity contribution in [2.45, 2.75) is 89.1 Å². The number of allylic oxidation sites excluding steroid dienone is 4. The van der Waals surface area contributed by atoms with Gasteiger partial charge in [-0.15, -0.1) is 0 Å². The van der Waals surface area contributed by atoms with E-state index in [0.29, 0.717) is 77.5 Å².